The van der Waals surface area contributed by atoms with Gasteiger partial charge in [-0.3, -0.25) is 4.79 Å². The highest BCUT2D eigenvalue weighted by atomic mass is 16.4. The Hall–Kier alpha value is -1.39. The van der Waals surface area contributed by atoms with E-state index >= 15 is 0 Å². The Morgan fingerprint density at radius 2 is 1.85 bits per heavy atom. The first-order valence-corrected chi connectivity index (χ1v) is 7.16. The van der Waals surface area contributed by atoms with Crippen molar-refractivity contribution in [3.63, 3.8) is 0 Å². The fourth-order valence-corrected chi connectivity index (χ4v) is 2.05. The molecule has 0 radical (unpaired) electrons. The lowest BCUT2D eigenvalue weighted by Crippen LogP contribution is -2.38. The molecule has 0 spiro atoms. The number of hydrogen-bond acceptors (Lipinski definition) is 3. The third-order valence-corrected chi connectivity index (χ3v) is 3.29. The Kier molecular flexibility index (Phi) is 6.68. The maximum absolute atomic E-state index is 10.9. The molecule has 4 nitrogen and oxygen atoms in total. The van der Waals surface area contributed by atoms with Crippen molar-refractivity contribution in [2.45, 2.75) is 45.8 Å². The Morgan fingerprint density at radius 1 is 1.25 bits per heavy atom. The molecule has 0 bridgehead atoms. The van der Waals surface area contributed by atoms with Crippen LogP contribution in [-0.2, 0) is 11.2 Å². The molecule has 0 aliphatic heterocycles. The van der Waals surface area contributed by atoms with Gasteiger partial charge in [-0.2, -0.15) is 0 Å². The van der Waals surface area contributed by atoms with Crippen molar-refractivity contribution >= 4 is 5.97 Å². The quantitative estimate of drug-likeness (QED) is 0.683. The Bertz CT molecular complexity index is 414. The van der Waals surface area contributed by atoms with Crippen LogP contribution in [0, 0.1) is 5.92 Å². The van der Waals surface area contributed by atoms with Gasteiger partial charge in [-0.1, -0.05) is 45.0 Å². The van der Waals surface area contributed by atoms with Gasteiger partial charge in [0.15, 0.2) is 0 Å². The Balaban J connectivity index is 2.78. The summed E-state index contributed by atoms with van der Waals surface area (Å²) in [7, 11) is 0. The summed E-state index contributed by atoms with van der Waals surface area (Å²) in [5.74, 6) is -0.503. The van der Waals surface area contributed by atoms with E-state index in [1.165, 1.54) is 5.56 Å². The number of nitrogens with one attached hydrogen (secondary N) is 1. The van der Waals surface area contributed by atoms with Gasteiger partial charge in [-0.15, -0.1) is 0 Å². The molecule has 1 aromatic carbocycles. The van der Waals surface area contributed by atoms with Crippen molar-refractivity contribution in [2.24, 2.45) is 5.92 Å². The normalized spacial score (nSPS) is 14.2. The van der Waals surface area contributed by atoms with Gasteiger partial charge in [0.05, 0.1) is 12.5 Å². The van der Waals surface area contributed by atoms with Crippen molar-refractivity contribution in [1.29, 1.82) is 0 Å². The second-order valence-corrected chi connectivity index (χ2v) is 5.55. The molecule has 0 aliphatic rings. The fraction of sp³-hybridized carbons (Fsp3) is 0.562. The molecule has 2 atom stereocenters. The number of benzene rings is 1. The van der Waals surface area contributed by atoms with E-state index in [9.17, 15) is 9.90 Å². The number of carbonyl (C=O) groups is 1. The van der Waals surface area contributed by atoms with Crippen molar-refractivity contribution in [3.05, 3.63) is 35.4 Å². The summed E-state index contributed by atoms with van der Waals surface area (Å²) in [6, 6.07) is 7.21. The number of carboxylic acid groups (broad SMARTS) is 1. The lowest BCUT2D eigenvalue weighted by atomic mass is 9.97. The average Bonchev–Trinajstić information content (AvgIpc) is 2.42. The molecule has 0 aliphatic carbocycles. The minimum Gasteiger partial charge on any atom is -0.481 e. The van der Waals surface area contributed by atoms with Crippen molar-refractivity contribution < 1.29 is 15.0 Å². The molecule has 0 heterocycles. The summed E-state index contributed by atoms with van der Waals surface area (Å²) in [4.78, 5) is 10.9. The van der Waals surface area contributed by atoms with Crippen LogP contribution in [0.2, 0.25) is 0 Å². The molecule has 112 valence electrons. The van der Waals surface area contributed by atoms with E-state index in [0.29, 0.717) is 12.5 Å². The van der Waals surface area contributed by atoms with Gasteiger partial charge in [-0.25, -0.2) is 0 Å². The third kappa shape index (κ3) is 5.31. The molecule has 1 aromatic rings. The van der Waals surface area contributed by atoms with Gasteiger partial charge in [-0.05, 0) is 30.0 Å². The van der Waals surface area contributed by atoms with Gasteiger partial charge < -0.3 is 15.5 Å². The van der Waals surface area contributed by atoms with E-state index in [1.807, 2.05) is 38.1 Å². The van der Waals surface area contributed by atoms with Crippen LogP contribution >= 0.6 is 0 Å². The zero-order chi connectivity index (χ0) is 15.1. The molecular weight excluding hydrogens is 254 g/mol. The minimum atomic E-state index is -0.907. The number of hydrogen-bond donors (Lipinski definition) is 3. The van der Waals surface area contributed by atoms with E-state index < -0.39 is 18.1 Å². The number of aryl methyl sites for hydroxylation is 1. The largest absolute Gasteiger partial charge is 0.481 e. The topological polar surface area (TPSA) is 69.6 Å². The summed E-state index contributed by atoms with van der Waals surface area (Å²) in [6.45, 7) is 6.85. The SMILES string of the molecule is CCc1ccc(C(O)C(CC(=O)O)NCC(C)C)cc1. The molecule has 0 fully saturated rings. The second-order valence-electron chi connectivity index (χ2n) is 5.55. The third-order valence-electron chi connectivity index (χ3n) is 3.29. The number of aliphatic hydroxyl groups is 1. The fourth-order valence-electron chi connectivity index (χ4n) is 2.05. The summed E-state index contributed by atoms with van der Waals surface area (Å²) in [5, 5.41) is 22.5. The first-order valence-electron chi connectivity index (χ1n) is 7.16. The summed E-state index contributed by atoms with van der Waals surface area (Å²) >= 11 is 0. The standard InChI is InChI=1S/C16H25NO3/c1-4-12-5-7-13(8-6-12)16(20)14(9-15(18)19)17-10-11(2)3/h5-8,11,14,16-17,20H,4,9-10H2,1-3H3,(H,18,19). The molecule has 4 heteroatoms. The monoisotopic (exact) mass is 279 g/mol. The molecule has 2 unspecified atom stereocenters. The first-order chi connectivity index (χ1) is 9.43. The summed E-state index contributed by atoms with van der Waals surface area (Å²) in [5.41, 5.74) is 1.95. The van der Waals surface area contributed by atoms with E-state index in [4.69, 9.17) is 5.11 Å². The van der Waals surface area contributed by atoms with Crippen LogP contribution in [0.1, 0.15) is 44.4 Å². The lowest BCUT2D eigenvalue weighted by Gasteiger charge is -2.24. The highest BCUT2D eigenvalue weighted by Gasteiger charge is 2.23. The molecule has 20 heavy (non-hydrogen) atoms. The number of carboxylic acids is 1. The van der Waals surface area contributed by atoms with E-state index in [1.54, 1.807) is 0 Å². The molecular formula is C16H25NO3. The Labute approximate surface area is 120 Å². The minimum absolute atomic E-state index is 0.0938. The first kappa shape index (κ1) is 16.7. The van der Waals surface area contributed by atoms with Gasteiger partial charge in [0, 0.05) is 6.04 Å². The summed E-state index contributed by atoms with van der Waals surface area (Å²) < 4.78 is 0. The highest BCUT2D eigenvalue weighted by molar-refractivity contribution is 5.67. The Morgan fingerprint density at radius 3 is 2.30 bits per heavy atom. The predicted octanol–water partition coefficient (Wildman–Crippen LogP) is 2.37. The van der Waals surface area contributed by atoms with Crippen LogP contribution in [0.25, 0.3) is 0 Å². The molecule has 0 amide bonds. The molecule has 1 rings (SSSR count). The zero-order valence-electron chi connectivity index (χ0n) is 12.5. The predicted molar refractivity (Wildman–Crippen MR) is 79.7 cm³/mol. The van der Waals surface area contributed by atoms with E-state index in [-0.39, 0.29) is 6.42 Å². The van der Waals surface area contributed by atoms with Crippen LogP contribution in [0.3, 0.4) is 0 Å². The highest BCUT2D eigenvalue weighted by Crippen LogP contribution is 2.20. The smallest absolute Gasteiger partial charge is 0.305 e. The van der Waals surface area contributed by atoms with Crippen molar-refractivity contribution in [3.8, 4) is 0 Å². The van der Waals surface area contributed by atoms with Crippen LogP contribution in [-0.4, -0.2) is 28.8 Å². The van der Waals surface area contributed by atoms with Crippen LogP contribution in [0.4, 0.5) is 0 Å². The average molecular weight is 279 g/mol. The van der Waals surface area contributed by atoms with Crippen molar-refractivity contribution in [2.75, 3.05) is 6.54 Å². The van der Waals surface area contributed by atoms with E-state index in [0.717, 1.165) is 12.0 Å². The van der Waals surface area contributed by atoms with Crippen LogP contribution in [0.15, 0.2) is 24.3 Å². The summed E-state index contributed by atoms with van der Waals surface area (Å²) in [6.07, 6.45) is 0.0417. The molecule has 0 saturated heterocycles. The molecule has 0 saturated carbocycles. The van der Waals surface area contributed by atoms with Gasteiger partial charge >= 0.3 is 5.97 Å². The van der Waals surface area contributed by atoms with Crippen molar-refractivity contribution in [1.82, 2.24) is 5.32 Å². The van der Waals surface area contributed by atoms with Crippen LogP contribution < -0.4 is 5.32 Å². The van der Waals surface area contributed by atoms with Gasteiger partial charge in [0.2, 0.25) is 0 Å². The molecule has 3 N–H and O–H groups in total. The van der Waals surface area contributed by atoms with E-state index in [2.05, 4.69) is 12.2 Å². The van der Waals surface area contributed by atoms with Crippen LogP contribution in [0.5, 0.6) is 0 Å². The number of aliphatic hydroxyl groups excluding tert-OH is 1. The number of rotatable bonds is 8. The zero-order valence-corrected chi connectivity index (χ0v) is 12.5. The second kappa shape index (κ2) is 8.02. The molecule has 0 aromatic heterocycles. The van der Waals surface area contributed by atoms with Gasteiger partial charge in [0.25, 0.3) is 0 Å². The van der Waals surface area contributed by atoms with Gasteiger partial charge in [0.1, 0.15) is 0 Å². The maximum Gasteiger partial charge on any atom is 0.305 e. The number of aliphatic carboxylic acids is 1. The lowest BCUT2D eigenvalue weighted by molar-refractivity contribution is -0.138. The maximum atomic E-state index is 10.9.